The third kappa shape index (κ3) is 4.47. The van der Waals surface area contributed by atoms with Crippen LogP contribution in [-0.4, -0.2) is 36.4 Å². The van der Waals surface area contributed by atoms with Crippen molar-refractivity contribution in [3.05, 3.63) is 71.3 Å². The lowest BCUT2D eigenvalue weighted by atomic mass is 9.96. The molecular weight excluding hydrogens is 470 g/mol. The molecule has 8 nitrogen and oxygen atoms in total. The summed E-state index contributed by atoms with van der Waals surface area (Å²) in [5.41, 5.74) is 5.43. The number of sulfonamides is 1. The number of aromatic nitrogens is 2. The van der Waals surface area contributed by atoms with Crippen molar-refractivity contribution in [1.29, 1.82) is 0 Å². The lowest BCUT2D eigenvalue weighted by Gasteiger charge is -2.29. The number of benzene rings is 1. The average Bonchev–Trinajstić information content (AvgIpc) is 3.28. The van der Waals surface area contributed by atoms with Gasteiger partial charge in [0.2, 0.25) is 10.0 Å². The van der Waals surface area contributed by atoms with Crippen LogP contribution in [0.2, 0.25) is 0 Å². The molecule has 3 heterocycles. The topological polar surface area (TPSA) is 88.5 Å². The summed E-state index contributed by atoms with van der Waals surface area (Å²) >= 11 is 5.81. The SMILES string of the molecule is CCn1c(C)cc([C@@H]2[C@@H](c3ccccn3)NC(=S)N2c2ccc(OC)c(NS(C)(=O)=O)c2)c1C. The minimum atomic E-state index is -3.51. The monoisotopic (exact) mass is 499 g/mol. The van der Waals surface area contributed by atoms with Crippen molar-refractivity contribution in [1.82, 2.24) is 14.9 Å². The maximum absolute atomic E-state index is 12.0. The molecule has 2 N–H and O–H groups in total. The molecule has 2 aromatic heterocycles. The molecule has 10 heteroatoms. The van der Waals surface area contributed by atoms with Gasteiger partial charge in [0.1, 0.15) is 5.75 Å². The molecule has 4 rings (SSSR count). The van der Waals surface area contributed by atoms with Crippen LogP contribution >= 0.6 is 12.2 Å². The summed E-state index contributed by atoms with van der Waals surface area (Å²) in [4.78, 5) is 6.64. The quantitative estimate of drug-likeness (QED) is 0.474. The van der Waals surface area contributed by atoms with Crippen LogP contribution in [0.5, 0.6) is 5.75 Å². The highest BCUT2D eigenvalue weighted by molar-refractivity contribution is 7.92. The predicted molar refractivity (Wildman–Crippen MR) is 139 cm³/mol. The molecule has 3 aromatic rings. The minimum absolute atomic E-state index is 0.187. The molecule has 180 valence electrons. The number of methoxy groups -OCH3 is 1. The van der Waals surface area contributed by atoms with Gasteiger partial charge < -0.3 is 19.5 Å². The molecule has 0 aliphatic carbocycles. The molecule has 34 heavy (non-hydrogen) atoms. The molecule has 0 spiro atoms. The largest absolute Gasteiger partial charge is 0.495 e. The number of aryl methyl sites for hydroxylation is 1. The Morgan fingerprint density at radius 1 is 1.21 bits per heavy atom. The number of hydrogen-bond acceptors (Lipinski definition) is 5. The fourth-order valence-corrected chi connectivity index (χ4v) is 5.59. The number of nitrogens with zero attached hydrogens (tertiary/aromatic N) is 3. The zero-order valence-electron chi connectivity index (χ0n) is 19.9. The molecule has 0 saturated carbocycles. The van der Waals surface area contributed by atoms with E-state index in [0.717, 1.165) is 35.4 Å². The van der Waals surface area contributed by atoms with Gasteiger partial charge in [0.05, 0.1) is 36.8 Å². The van der Waals surface area contributed by atoms with Crippen LogP contribution in [0.3, 0.4) is 0 Å². The highest BCUT2D eigenvalue weighted by atomic mass is 32.2. The van der Waals surface area contributed by atoms with Crippen molar-refractivity contribution in [3.63, 3.8) is 0 Å². The summed E-state index contributed by atoms with van der Waals surface area (Å²) < 4.78 is 34.2. The van der Waals surface area contributed by atoms with E-state index in [1.54, 1.807) is 18.3 Å². The zero-order chi connectivity index (χ0) is 24.6. The maximum Gasteiger partial charge on any atom is 0.229 e. The van der Waals surface area contributed by atoms with Gasteiger partial charge in [-0.25, -0.2) is 8.42 Å². The smallest absolute Gasteiger partial charge is 0.229 e. The van der Waals surface area contributed by atoms with E-state index < -0.39 is 10.0 Å². The van der Waals surface area contributed by atoms with E-state index >= 15 is 0 Å². The fraction of sp³-hybridized carbons (Fsp3) is 0.333. The Balaban J connectivity index is 1.89. The van der Waals surface area contributed by atoms with Gasteiger partial charge in [-0.2, -0.15) is 0 Å². The second-order valence-corrected chi connectivity index (χ2v) is 10.5. The van der Waals surface area contributed by atoms with Crippen molar-refractivity contribution >= 4 is 38.7 Å². The van der Waals surface area contributed by atoms with Crippen LogP contribution in [0.15, 0.2) is 48.7 Å². The van der Waals surface area contributed by atoms with Crippen molar-refractivity contribution in [2.45, 2.75) is 39.4 Å². The van der Waals surface area contributed by atoms with Gasteiger partial charge in [-0.3, -0.25) is 9.71 Å². The van der Waals surface area contributed by atoms with Crippen LogP contribution in [0.25, 0.3) is 0 Å². The van der Waals surface area contributed by atoms with Crippen molar-refractivity contribution in [2.75, 3.05) is 23.0 Å². The molecule has 0 amide bonds. The molecule has 1 saturated heterocycles. The summed E-state index contributed by atoms with van der Waals surface area (Å²) in [5.74, 6) is 0.425. The summed E-state index contributed by atoms with van der Waals surface area (Å²) in [6.07, 6.45) is 2.89. The molecule has 1 aromatic carbocycles. The second-order valence-electron chi connectivity index (χ2n) is 8.33. The first-order chi connectivity index (χ1) is 16.1. The summed E-state index contributed by atoms with van der Waals surface area (Å²) in [5, 5.41) is 3.99. The summed E-state index contributed by atoms with van der Waals surface area (Å²) in [7, 11) is -2.00. The summed E-state index contributed by atoms with van der Waals surface area (Å²) in [6, 6.07) is 13.0. The first kappa shape index (κ1) is 24.0. The first-order valence-corrected chi connectivity index (χ1v) is 13.3. The van der Waals surface area contributed by atoms with E-state index in [9.17, 15) is 8.42 Å². The molecule has 2 atom stereocenters. The standard InChI is InChI=1S/C24H29N5O3S2/c1-6-28-15(2)13-18(16(28)3)23-22(19-9-7-8-12-25-19)26-24(33)29(23)17-10-11-21(32-4)20(14-17)27-34(5,30)31/h7-14,22-23,27H,6H2,1-5H3,(H,26,33)/t22-,23-/m1/s1. The molecule has 0 unspecified atom stereocenters. The number of nitrogens with one attached hydrogen (secondary N) is 2. The Kier molecular flexibility index (Phi) is 6.55. The first-order valence-electron chi connectivity index (χ1n) is 11.0. The van der Waals surface area contributed by atoms with Gasteiger partial charge in [0.25, 0.3) is 0 Å². The summed E-state index contributed by atoms with van der Waals surface area (Å²) in [6.45, 7) is 7.21. The van der Waals surface area contributed by atoms with E-state index in [1.807, 2.05) is 29.2 Å². The Hall–Kier alpha value is -3.11. The average molecular weight is 500 g/mol. The minimum Gasteiger partial charge on any atom is -0.495 e. The van der Waals surface area contributed by atoms with Crippen molar-refractivity contribution < 1.29 is 13.2 Å². The van der Waals surface area contributed by atoms with E-state index in [1.165, 1.54) is 12.8 Å². The van der Waals surface area contributed by atoms with Crippen molar-refractivity contribution in [2.24, 2.45) is 0 Å². The van der Waals surface area contributed by atoms with E-state index in [-0.39, 0.29) is 12.1 Å². The lowest BCUT2D eigenvalue weighted by Crippen LogP contribution is -2.29. The zero-order valence-corrected chi connectivity index (χ0v) is 21.5. The van der Waals surface area contributed by atoms with E-state index in [0.29, 0.717) is 16.5 Å². The Morgan fingerprint density at radius 3 is 2.56 bits per heavy atom. The molecule has 0 bridgehead atoms. The van der Waals surface area contributed by atoms with Gasteiger partial charge in [-0.1, -0.05) is 6.07 Å². The molecule has 1 aliphatic rings. The number of thiocarbonyl (C=S) groups is 1. The number of hydrogen-bond donors (Lipinski definition) is 2. The fourth-order valence-electron chi connectivity index (χ4n) is 4.69. The third-order valence-electron chi connectivity index (χ3n) is 6.10. The maximum atomic E-state index is 12.0. The van der Waals surface area contributed by atoms with Gasteiger partial charge in [-0.05, 0) is 75.0 Å². The van der Waals surface area contributed by atoms with Gasteiger partial charge in [0.15, 0.2) is 5.11 Å². The number of pyridine rings is 1. The van der Waals surface area contributed by atoms with Crippen LogP contribution < -0.4 is 19.7 Å². The molecule has 1 aliphatic heterocycles. The lowest BCUT2D eigenvalue weighted by molar-refractivity contribution is 0.417. The Bertz CT molecular complexity index is 1320. The third-order valence-corrected chi connectivity index (χ3v) is 7.01. The highest BCUT2D eigenvalue weighted by Crippen LogP contribution is 2.44. The Morgan fingerprint density at radius 2 is 1.97 bits per heavy atom. The Labute approximate surface area is 206 Å². The normalized spacial score (nSPS) is 18.1. The van der Waals surface area contributed by atoms with Crippen molar-refractivity contribution in [3.8, 4) is 5.75 Å². The van der Waals surface area contributed by atoms with Crippen LogP contribution in [-0.2, 0) is 16.6 Å². The van der Waals surface area contributed by atoms with Crippen LogP contribution in [0.4, 0.5) is 11.4 Å². The number of rotatable bonds is 7. The second kappa shape index (κ2) is 9.27. The van der Waals surface area contributed by atoms with E-state index in [4.69, 9.17) is 17.0 Å². The molecule has 1 fully saturated rings. The highest BCUT2D eigenvalue weighted by Gasteiger charge is 2.42. The molecule has 0 radical (unpaired) electrons. The number of ether oxygens (including phenoxy) is 1. The predicted octanol–water partition coefficient (Wildman–Crippen LogP) is 4.08. The molecular formula is C24H29N5O3S2. The van der Waals surface area contributed by atoms with E-state index in [2.05, 4.69) is 46.4 Å². The van der Waals surface area contributed by atoms with Gasteiger partial charge >= 0.3 is 0 Å². The van der Waals surface area contributed by atoms with Gasteiger partial charge in [-0.15, -0.1) is 0 Å². The van der Waals surface area contributed by atoms with Crippen LogP contribution in [0.1, 0.15) is 41.7 Å². The van der Waals surface area contributed by atoms with Gasteiger partial charge in [0, 0.05) is 29.8 Å². The number of anilines is 2. The van der Waals surface area contributed by atoms with Crippen LogP contribution in [0, 0.1) is 13.8 Å².